The summed E-state index contributed by atoms with van der Waals surface area (Å²) in [6, 6.07) is 7.83. The molecule has 2 aliphatic heterocycles. The minimum atomic E-state index is -0.147. The molecule has 2 fully saturated rings. The lowest BCUT2D eigenvalue weighted by atomic mass is 9.89. The van der Waals surface area contributed by atoms with Crippen LogP contribution in [0.2, 0.25) is 0 Å². The van der Waals surface area contributed by atoms with Crippen molar-refractivity contribution < 1.29 is 14.4 Å². The molecule has 26 heavy (non-hydrogen) atoms. The molecule has 3 aliphatic rings. The standard InChI is InChI=1S/C20H25N3O3/c24-18(22-9-11-23(12-10-22)20(26)14-5-6-14)8-7-16-13-15-3-1-2-4-17(15)21-19(16)25/h1-4,14,16H,5-13H2,(H,21,25)/t16-/m1/s1. The van der Waals surface area contributed by atoms with Gasteiger partial charge in [0.05, 0.1) is 0 Å². The van der Waals surface area contributed by atoms with E-state index in [2.05, 4.69) is 5.32 Å². The fourth-order valence-electron chi connectivity index (χ4n) is 3.87. The number of carbonyl (C=O) groups excluding carboxylic acids is 3. The van der Waals surface area contributed by atoms with Crippen LogP contribution in [0.15, 0.2) is 24.3 Å². The third-order valence-corrected chi connectivity index (χ3v) is 5.69. The quantitative estimate of drug-likeness (QED) is 0.893. The third-order valence-electron chi connectivity index (χ3n) is 5.69. The first-order valence-electron chi connectivity index (χ1n) is 9.57. The average molecular weight is 355 g/mol. The Morgan fingerprint density at radius 3 is 2.46 bits per heavy atom. The van der Waals surface area contributed by atoms with Crippen LogP contribution in [0.5, 0.6) is 0 Å². The van der Waals surface area contributed by atoms with Gasteiger partial charge in [0.1, 0.15) is 0 Å². The van der Waals surface area contributed by atoms with Crippen LogP contribution in [0.25, 0.3) is 0 Å². The Labute approximate surface area is 153 Å². The maximum atomic E-state index is 12.5. The number of hydrogen-bond acceptors (Lipinski definition) is 3. The molecular formula is C20H25N3O3. The predicted octanol–water partition coefficient (Wildman–Crippen LogP) is 1.66. The van der Waals surface area contributed by atoms with Gasteiger partial charge in [0, 0.05) is 50.1 Å². The lowest BCUT2D eigenvalue weighted by molar-refractivity contribution is -0.140. The van der Waals surface area contributed by atoms with Gasteiger partial charge in [-0.1, -0.05) is 18.2 Å². The van der Waals surface area contributed by atoms with Crippen molar-refractivity contribution in [2.75, 3.05) is 31.5 Å². The zero-order chi connectivity index (χ0) is 18.1. The Morgan fingerprint density at radius 2 is 1.73 bits per heavy atom. The molecule has 1 aromatic carbocycles. The van der Waals surface area contributed by atoms with Crippen LogP contribution >= 0.6 is 0 Å². The van der Waals surface area contributed by atoms with Crippen LogP contribution in [0.4, 0.5) is 5.69 Å². The van der Waals surface area contributed by atoms with Crippen molar-refractivity contribution in [1.82, 2.24) is 9.80 Å². The number of hydrogen-bond donors (Lipinski definition) is 1. The number of nitrogens with zero attached hydrogens (tertiary/aromatic N) is 2. The van der Waals surface area contributed by atoms with Crippen LogP contribution in [0, 0.1) is 11.8 Å². The van der Waals surface area contributed by atoms with Crippen LogP contribution in [-0.2, 0) is 20.8 Å². The Kier molecular flexibility index (Phi) is 4.66. The molecule has 0 bridgehead atoms. The Bertz CT molecular complexity index is 721. The molecule has 1 N–H and O–H groups in total. The molecule has 138 valence electrons. The number of fused-ring (bicyclic) bond motifs is 1. The molecule has 6 nitrogen and oxygen atoms in total. The maximum Gasteiger partial charge on any atom is 0.227 e. The molecule has 2 heterocycles. The number of para-hydroxylation sites is 1. The first-order valence-corrected chi connectivity index (χ1v) is 9.57. The van der Waals surface area contributed by atoms with Crippen molar-refractivity contribution >= 4 is 23.4 Å². The van der Waals surface area contributed by atoms with Crippen molar-refractivity contribution in [1.29, 1.82) is 0 Å². The van der Waals surface area contributed by atoms with Gasteiger partial charge < -0.3 is 15.1 Å². The van der Waals surface area contributed by atoms with E-state index in [0.29, 0.717) is 45.4 Å². The maximum absolute atomic E-state index is 12.5. The monoisotopic (exact) mass is 355 g/mol. The predicted molar refractivity (Wildman–Crippen MR) is 97.4 cm³/mol. The van der Waals surface area contributed by atoms with Gasteiger partial charge in [-0.2, -0.15) is 0 Å². The van der Waals surface area contributed by atoms with Gasteiger partial charge in [0.15, 0.2) is 0 Å². The summed E-state index contributed by atoms with van der Waals surface area (Å²) < 4.78 is 0. The average Bonchev–Trinajstić information content (AvgIpc) is 3.51. The Hall–Kier alpha value is -2.37. The summed E-state index contributed by atoms with van der Waals surface area (Å²) in [6.45, 7) is 2.49. The molecule has 0 spiro atoms. The van der Waals surface area contributed by atoms with E-state index < -0.39 is 0 Å². The Morgan fingerprint density at radius 1 is 1.04 bits per heavy atom. The zero-order valence-corrected chi connectivity index (χ0v) is 14.9. The zero-order valence-electron chi connectivity index (χ0n) is 14.9. The highest BCUT2D eigenvalue weighted by atomic mass is 16.2. The number of rotatable bonds is 4. The van der Waals surface area contributed by atoms with Crippen molar-refractivity contribution in [3.05, 3.63) is 29.8 Å². The summed E-state index contributed by atoms with van der Waals surface area (Å²) in [6.07, 6.45) is 3.69. The number of carbonyl (C=O) groups is 3. The van der Waals surface area contributed by atoms with E-state index in [4.69, 9.17) is 0 Å². The first kappa shape index (κ1) is 17.1. The highest BCUT2D eigenvalue weighted by Crippen LogP contribution is 2.31. The minimum Gasteiger partial charge on any atom is -0.339 e. The lowest BCUT2D eigenvalue weighted by Gasteiger charge is -2.35. The number of nitrogens with one attached hydrogen (secondary N) is 1. The van der Waals surface area contributed by atoms with Crippen LogP contribution < -0.4 is 5.32 Å². The van der Waals surface area contributed by atoms with Crippen LogP contribution in [-0.4, -0.2) is 53.7 Å². The van der Waals surface area contributed by atoms with E-state index in [1.807, 2.05) is 34.1 Å². The second kappa shape index (κ2) is 7.09. The van der Waals surface area contributed by atoms with Gasteiger partial charge in [-0.05, 0) is 37.3 Å². The summed E-state index contributed by atoms with van der Waals surface area (Å²) in [7, 11) is 0. The number of amides is 3. The normalized spacial score (nSPS) is 22.6. The minimum absolute atomic E-state index is 0.0105. The van der Waals surface area contributed by atoms with Crippen LogP contribution in [0.3, 0.4) is 0 Å². The fraction of sp³-hybridized carbons (Fsp3) is 0.550. The van der Waals surface area contributed by atoms with Crippen LogP contribution in [0.1, 0.15) is 31.2 Å². The van der Waals surface area contributed by atoms with E-state index in [1.165, 1.54) is 0 Å². The summed E-state index contributed by atoms with van der Waals surface area (Å²) in [5.41, 5.74) is 2.02. The first-order chi connectivity index (χ1) is 12.6. The number of anilines is 1. The molecule has 1 atom stereocenters. The van der Waals surface area contributed by atoms with Gasteiger partial charge in [-0.15, -0.1) is 0 Å². The highest BCUT2D eigenvalue weighted by Gasteiger charge is 2.35. The van der Waals surface area contributed by atoms with Gasteiger partial charge in [-0.25, -0.2) is 0 Å². The second-order valence-electron chi connectivity index (χ2n) is 7.57. The van der Waals surface area contributed by atoms with E-state index in [9.17, 15) is 14.4 Å². The van der Waals surface area contributed by atoms with E-state index in [-0.39, 0.29) is 29.6 Å². The van der Waals surface area contributed by atoms with Crippen molar-refractivity contribution in [2.45, 2.75) is 32.1 Å². The molecule has 0 radical (unpaired) electrons. The summed E-state index contributed by atoms with van der Waals surface area (Å²) in [4.78, 5) is 40.6. The lowest BCUT2D eigenvalue weighted by Crippen LogP contribution is -2.51. The molecule has 6 heteroatoms. The highest BCUT2D eigenvalue weighted by molar-refractivity contribution is 5.96. The van der Waals surface area contributed by atoms with Gasteiger partial charge >= 0.3 is 0 Å². The Balaban J connectivity index is 1.25. The van der Waals surface area contributed by atoms with E-state index in [1.54, 1.807) is 0 Å². The summed E-state index contributed by atoms with van der Waals surface area (Å²) in [5.74, 6) is 0.456. The van der Waals surface area contributed by atoms with Crippen molar-refractivity contribution in [3.63, 3.8) is 0 Å². The number of piperazine rings is 1. The summed E-state index contributed by atoms with van der Waals surface area (Å²) in [5, 5.41) is 2.94. The van der Waals surface area contributed by atoms with Gasteiger partial charge in [0.25, 0.3) is 0 Å². The van der Waals surface area contributed by atoms with Gasteiger partial charge in [-0.3, -0.25) is 14.4 Å². The smallest absolute Gasteiger partial charge is 0.227 e. The molecule has 1 aromatic rings. The molecule has 4 rings (SSSR count). The topological polar surface area (TPSA) is 69.7 Å². The summed E-state index contributed by atoms with van der Waals surface area (Å²) >= 11 is 0. The third kappa shape index (κ3) is 3.59. The van der Waals surface area contributed by atoms with Crippen molar-refractivity contribution in [3.8, 4) is 0 Å². The molecule has 1 saturated carbocycles. The SMILES string of the molecule is O=C1Nc2ccccc2C[C@H]1CCC(=O)N1CCN(C(=O)C2CC2)CC1. The second-order valence-corrected chi connectivity index (χ2v) is 7.57. The van der Waals surface area contributed by atoms with E-state index >= 15 is 0 Å². The van der Waals surface area contributed by atoms with E-state index in [0.717, 1.165) is 24.1 Å². The molecule has 0 unspecified atom stereocenters. The van der Waals surface area contributed by atoms with Crippen molar-refractivity contribution in [2.24, 2.45) is 11.8 Å². The molecule has 0 aromatic heterocycles. The largest absolute Gasteiger partial charge is 0.339 e. The number of benzene rings is 1. The molecular weight excluding hydrogens is 330 g/mol. The molecule has 1 saturated heterocycles. The fourth-order valence-corrected chi connectivity index (χ4v) is 3.87. The molecule has 1 aliphatic carbocycles. The molecule has 3 amide bonds. The van der Waals surface area contributed by atoms with Gasteiger partial charge in [0.2, 0.25) is 17.7 Å².